The fourth-order valence-corrected chi connectivity index (χ4v) is 3.27. The molecule has 0 saturated heterocycles. The van der Waals surface area contributed by atoms with Crippen LogP contribution >= 0.6 is 27.5 Å². The summed E-state index contributed by atoms with van der Waals surface area (Å²) in [4.78, 5) is 11.9. The summed E-state index contributed by atoms with van der Waals surface area (Å²) in [6.45, 7) is 2.68. The van der Waals surface area contributed by atoms with Crippen molar-refractivity contribution in [3.05, 3.63) is 27.2 Å². The zero-order valence-electron chi connectivity index (χ0n) is 10.7. The van der Waals surface area contributed by atoms with Crippen LogP contribution in [0.4, 0.5) is 0 Å². The van der Waals surface area contributed by atoms with Crippen LogP contribution in [0.25, 0.3) is 0 Å². The number of rotatable bonds is 4. The van der Waals surface area contributed by atoms with Crippen LogP contribution in [-0.2, 0) is 10.0 Å². The third-order valence-corrected chi connectivity index (χ3v) is 5.53. The highest BCUT2D eigenvalue weighted by Crippen LogP contribution is 2.37. The standard InChI is InChI=1S/C12H14BrClN2O3S/c1-6-2-7(6)5-16-12(17)9-3-8(20(15,18)19)4-10(13)11(9)14/h3-4,6-7H,2,5H2,1H3,(H,16,17)(H2,15,18,19). The summed E-state index contributed by atoms with van der Waals surface area (Å²) >= 11 is 9.15. The van der Waals surface area contributed by atoms with Gasteiger partial charge in [-0.15, -0.1) is 0 Å². The van der Waals surface area contributed by atoms with Gasteiger partial charge in [-0.25, -0.2) is 13.6 Å². The lowest BCUT2D eigenvalue weighted by molar-refractivity contribution is 0.0951. The van der Waals surface area contributed by atoms with E-state index in [1.54, 1.807) is 0 Å². The second kappa shape index (κ2) is 5.63. The zero-order chi connectivity index (χ0) is 15.1. The molecule has 0 aromatic heterocycles. The number of carbonyl (C=O) groups excluding carboxylic acids is 1. The monoisotopic (exact) mass is 380 g/mol. The van der Waals surface area contributed by atoms with Gasteiger partial charge in [0.2, 0.25) is 10.0 Å². The van der Waals surface area contributed by atoms with E-state index in [9.17, 15) is 13.2 Å². The highest BCUT2D eigenvalue weighted by Gasteiger charge is 2.32. The molecule has 1 aromatic carbocycles. The lowest BCUT2D eigenvalue weighted by Crippen LogP contribution is -2.26. The quantitative estimate of drug-likeness (QED) is 0.837. The van der Waals surface area contributed by atoms with Crippen molar-refractivity contribution in [2.45, 2.75) is 18.2 Å². The summed E-state index contributed by atoms with van der Waals surface area (Å²) < 4.78 is 23.1. The van der Waals surface area contributed by atoms with E-state index in [1.165, 1.54) is 12.1 Å². The maximum absolute atomic E-state index is 12.1. The van der Waals surface area contributed by atoms with E-state index in [1.807, 2.05) is 0 Å². The second-order valence-corrected chi connectivity index (χ2v) is 7.79. The number of benzene rings is 1. The number of hydrogen-bond acceptors (Lipinski definition) is 3. The molecule has 0 spiro atoms. The van der Waals surface area contributed by atoms with E-state index in [2.05, 4.69) is 28.2 Å². The van der Waals surface area contributed by atoms with Crippen molar-refractivity contribution in [1.29, 1.82) is 0 Å². The molecule has 1 saturated carbocycles. The van der Waals surface area contributed by atoms with Gasteiger partial charge < -0.3 is 5.32 Å². The van der Waals surface area contributed by atoms with Crippen LogP contribution in [0.15, 0.2) is 21.5 Å². The van der Waals surface area contributed by atoms with Crippen molar-refractivity contribution in [2.75, 3.05) is 6.54 Å². The lowest BCUT2D eigenvalue weighted by Gasteiger charge is -2.09. The zero-order valence-corrected chi connectivity index (χ0v) is 13.8. The summed E-state index contributed by atoms with van der Waals surface area (Å²) in [5, 5.41) is 8.00. The van der Waals surface area contributed by atoms with Crippen LogP contribution in [-0.4, -0.2) is 20.9 Å². The number of hydrogen-bond donors (Lipinski definition) is 2. The topological polar surface area (TPSA) is 89.3 Å². The number of carbonyl (C=O) groups is 1. The van der Waals surface area contributed by atoms with Crippen molar-refractivity contribution < 1.29 is 13.2 Å². The van der Waals surface area contributed by atoms with Crippen LogP contribution in [0.1, 0.15) is 23.7 Å². The molecule has 20 heavy (non-hydrogen) atoms. The predicted octanol–water partition coefficient (Wildman–Crippen LogP) is 2.14. The molecule has 1 amide bonds. The Labute approximate surface area is 131 Å². The van der Waals surface area contributed by atoms with Crippen LogP contribution in [0.3, 0.4) is 0 Å². The predicted molar refractivity (Wildman–Crippen MR) is 80.1 cm³/mol. The Balaban J connectivity index is 2.25. The Kier molecular flexibility index (Phi) is 4.44. The van der Waals surface area contributed by atoms with Gasteiger partial charge in [0.15, 0.2) is 0 Å². The van der Waals surface area contributed by atoms with Gasteiger partial charge in [0, 0.05) is 11.0 Å². The highest BCUT2D eigenvalue weighted by molar-refractivity contribution is 9.10. The third-order valence-electron chi connectivity index (χ3n) is 3.38. The molecule has 2 unspecified atom stereocenters. The minimum atomic E-state index is -3.89. The maximum atomic E-state index is 12.1. The molecule has 0 heterocycles. The number of halogens is 2. The molecule has 1 aliphatic rings. The smallest absolute Gasteiger partial charge is 0.252 e. The molecule has 5 nitrogen and oxygen atoms in total. The van der Waals surface area contributed by atoms with Gasteiger partial charge in [0.25, 0.3) is 5.91 Å². The summed E-state index contributed by atoms with van der Waals surface area (Å²) in [5.74, 6) is 0.705. The molecule has 3 N–H and O–H groups in total. The molecule has 110 valence electrons. The Morgan fingerprint density at radius 2 is 2.15 bits per heavy atom. The highest BCUT2D eigenvalue weighted by atomic mass is 79.9. The van der Waals surface area contributed by atoms with E-state index in [0.717, 1.165) is 6.42 Å². The van der Waals surface area contributed by atoms with Crippen LogP contribution in [0, 0.1) is 11.8 Å². The SMILES string of the molecule is CC1CC1CNC(=O)c1cc(S(N)(=O)=O)cc(Br)c1Cl. The average molecular weight is 382 g/mol. The molecule has 8 heteroatoms. The minimum Gasteiger partial charge on any atom is -0.352 e. The number of nitrogens with one attached hydrogen (secondary N) is 1. The van der Waals surface area contributed by atoms with Gasteiger partial charge in [0.05, 0.1) is 15.5 Å². The fraction of sp³-hybridized carbons (Fsp3) is 0.417. The molecule has 0 radical (unpaired) electrons. The van der Waals surface area contributed by atoms with Gasteiger partial charge in [-0.05, 0) is 46.3 Å². The van der Waals surface area contributed by atoms with Gasteiger partial charge >= 0.3 is 0 Å². The number of sulfonamides is 1. The molecule has 0 aliphatic heterocycles. The Morgan fingerprint density at radius 1 is 1.55 bits per heavy atom. The van der Waals surface area contributed by atoms with Crippen LogP contribution in [0.2, 0.25) is 5.02 Å². The van der Waals surface area contributed by atoms with Crippen molar-refractivity contribution in [1.82, 2.24) is 5.32 Å². The first-order valence-corrected chi connectivity index (χ1v) is 8.72. The number of primary sulfonamides is 1. The summed E-state index contributed by atoms with van der Waals surface area (Å²) in [5.41, 5.74) is 0.0957. The molecule has 1 aromatic rings. The maximum Gasteiger partial charge on any atom is 0.252 e. The largest absolute Gasteiger partial charge is 0.352 e. The van der Waals surface area contributed by atoms with Crippen LogP contribution in [0.5, 0.6) is 0 Å². The second-order valence-electron chi connectivity index (χ2n) is 4.99. The molecule has 2 atom stereocenters. The first-order valence-electron chi connectivity index (χ1n) is 6.00. The van der Waals surface area contributed by atoms with E-state index in [-0.39, 0.29) is 15.5 Å². The summed E-state index contributed by atoms with van der Waals surface area (Å²) in [7, 11) is -3.89. The number of nitrogens with two attached hydrogens (primary N) is 1. The van der Waals surface area contributed by atoms with E-state index < -0.39 is 15.9 Å². The lowest BCUT2D eigenvalue weighted by atomic mass is 10.2. The van der Waals surface area contributed by atoms with E-state index >= 15 is 0 Å². The first kappa shape index (κ1) is 15.8. The number of amides is 1. The first-order chi connectivity index (χ1) is 9.20. The summed E-state index contributed by atoms with van der Waals surface area (Å²) in [6, 6.07) is 2.46. The molecule has 2 rings (SSSR count). The van der Waals surface area contributed by atoms with Gasteiger partial charge in [0.1, 0.15) is 0 Å². The van der Waals surface area contributed by atoms with Gasteiger partial charge in [-0.2, -0.15) is 0 Å². The van der Waals surface area contributed by atoms with Gasteiger partial charge in [-0.3, -0.25) is 4.79 Å². The van der Waals surface area contributed by atoms with Crippen molar-refractivity contribution in [3.8, 4) is 0 Å². The Morgan fingerprint density at radius 3 is 2.65 bits per heavy atom. The molecule has 0 bridgehead atoms. The Hall–Kier alpha value is -0.630. The van der Waals surface area contributed by atoms with Gasteiger partial charge in [-0.1, -0.05) is 18.5 Å². The van der Waals surface area contributed by atoms with Crippen molar-refractivity contribution in [3.63, 3.8) is 0 Å². The fourth-order valence-electron chi connectivity index (χ4n) is 1.90. The molecular weight excluding hydrogens is 368 g/mol. The van der Waals surface area contributed by atoms with Crippen molar-refractivity contribution >= 4 is 43.5 Å². The third kappa shape index (κ3) is 3.52. The minimum absolute atomic E-state index is 0.0957. The molecule has 1 aliphatic carbocycles. The van der Waals surface area contributed by atoms with E-state index in [4.69, 9.17) is 16.7 Å². The van der Waals surface area contributed by atoms with E-state index in [0.29, 0.717) is 22.9 Å². The van der Waals surface area contributed by atoms with Crippen molar-refractivity contribution in [2.24, 2.45) is 17.0 Å². The summed E-state index contributed by atoms with van der Waals surface area (Å²) in [6.07, 6.45) is 1.09. The van der Waals surface area contributed by atoms with Crippen LogP contribution < -0.4 is 10.5 Å². The average Bonchev–Trinajstić information content (AvgIpc) is 3.04. The normalized spacial score (nSPS) is 21.6. The molecular formula is C12H14BrClN2O3S. The molecule has 1 fully saturated rings. The Bertz CT molecular complexity index is 663.